The Morgan fingerprint density at radius 1 is 0.963 bits per heavy atom. The number of hydrogen-bond donors (Lipinski definition) is 0. The Bertz CT molecular complexity index is 720. The zero-order chi connectivity index (χ0) is 18.5. The van der Waals surface area contributed by atoms with Crippen LogP contribution >= 0.6 is 0 Å². The first-order valence-corrected chi connectivity index (χ1v) is 10.1. The van der Waals surface area contributed by atoms with E-state index in [0.29, 0.717) is 11.8 Å². The molecule has 2 saturated heterocycles. The Hall–Kier alpha value is -2.43. The van der Waals surface area contributed by atoms with E-state index in [1.54, 1.807) is 18.6 Å². The molecule has 0 atom stereocenters. The van der Waals surface area contributed by atoms with Crippen LogP contribution in [0.4, 0.5) is 5.82 Å². The number of likely N-dealkylation sites (tertiary alicyclic amines) is 1. The SMILES string of the molecule is O=C(C1CCN(c2cnccn2)CC1)N1CCC(Cc2ccccc2)CC1. The lowest BCUT2D eigenvalue weighted by atomic mass is 9.88. The smallest absolute Gasteiger partial charge is 0.225 e. The van der Waals surface area contributed by atoms with Gasteiger partial charge < -0.3 is 9.80 Å². The highest BCUT2D eigenvalue weighted by Crippen LogP contribution is 2.26. The van der Waals surface area contributed by atoms with Gasteiger partial charge in [-0.25, -0.2) is 4.98 Å². The lowest BCUT2D eigenvalue weighted by Crippen LogP contribution is -2.45. The molecule has 27 heavy (non-hydrogen) atoms. The van der Waals surface area contributed by atoms with Gasteiger partial charge in [0.2, 0.25) is 5.91 Å². The number of benzene rings is 1. The Balaban J connectivity index is 1.24. The highest BCUT2D eigenvalue weighted by molar-refractivity contribution is 5.79. The minimum Gasteiger partial charge on any atom is -0.355 e. The topological polar surface area (TPSA) is 49.3 Å². The van der Waals surface area contributed by atoms with Crippen LogP contribution in [0.2, 0.25) is 0 Å². The van der Waals surface area contributed by atoms with E-state index in [2.05, 4.69) is 50.1 Å². The maximum Gasteiger partial charge on any atom is 0.225 e. The Kier molecular flexibility index (Phi) is 5.66. The fraction of sp³-hybridized carbons (Fsp3) is 0.500. The van der Waals surface area contributed by atoms with E-state index >= 15 is 0 Å². The van der Waals surface area contributed by atoms with Crippen molar-refractivity contribution in [1.82, 2.24) is 14.9 Å². The van der Waals surface area contributed by atoms with E-state index < -0.39 is 0 Å². The van der Waals surface area contributed by atoms with Gasteiger partial charge in [-0.3, -0.25) is 9.78 Å². The van der Waals surface area contributed by atoms with Crippen molar-refractivity contribution in [1.29, 1.82) is 0 Å². The molecule has 5 nitrogen and oxygen atoms in total. The molecular formula is C22H28N4O. The minimum absolute atomic E-state index is 0.170. The van der Waals surface area contributed by atoms with Crippen molar-refractivity contribution in [2.24, 2.45) is 11.8 Å². The molecule has 1 aromatic heterocycles. The molecule has 0 spiro atoms. The van der Waals surface area contributed by atoms with Gasteiger partial charge in [-0.1, -0.05) is 30.3 Å². The highest BCUT2D eigenvalue weighted by Gasteiger charge is 2.31. The number of hydrogen-bond acceptors (Lipinski definition) is 4. The van der Waals surface area contributed by atoms with E-state index in [9.17, 15) is 4.79 Å². The fourth-order valence-corrected chi connectivity index (χ4v) is 4.37. The molecule has 2 aromatic rings. The normalized spacial score (nSPS) is 19.3. The average Bonchev–Trinajstić information content (AvgIpc) is 2.75. The van der Waals surface area contributed by atoms with Gasteiger partial charge in [-0.2, -0.15) is 0 Å². The molecule has 0 saturated carbocycles. The third-order valence-corrected chi connectivity index (χ3v) is 6.01. The van der Waals surface area contributed by atoms with Crippen LogP contribution in [0.25, 0.3) is 0 Å². The van der Waals surface area contributed by atoms with Crippen LogP contribution in [0.3, 0.4) is 0 Å². The summed E-state index contributed by atoms with van der Waals surface area (Å²) in [4.78, 5) is 25.8. The van der Waals surface area contributed by atoms with Gasteiger partial charge in [0.1, 0.15) is 5.82 Å². The summed E-state index contributed by atoms with van der Waals surface area (Å²) in [6.07, 6.45) is 10.4. The quantitative estimate of drug-likeness (QED) is 0.836. The van der Waals surface area contributed by atoms with Crippen molar-refractivity contribution < 1.29 is 4.79 Å². The minimum atomic E-state index is 0.170. The Morgan fingerprint density at radius 2 is 1.70 bits per heavy atom. The van der Waals surface area contributed by atoms with E-state index in [4.69, 9.17) is 0 Å². The van der Waals surface area contributed by atoms with Gasteiger partial charge in [-0.15, -0.1) is 0 Å². The predicted octanol–water partition coefficient (Wildman–Crippen LogP) is 3.17. The van der Waals surface area contributed by atoms with Crippen LogP contribution in [-0.2, 0) is 11.2 Å². The Labute approximate surface area is 161 Å². The van der Waals surface area contributed by atoms with Gasteiger partial charge in [0.25, 0.3) is 0 Å². The molecule has 3 heterocycles. The third-order valence-electron chi connectivity index (χ3n) is 6.01. The van der Waals surface area contributed by atoms with Crippen LogP contribution in [-0.4, -0.2) is 47.0 Å². The number of amides is 1. The summed E-state index contributed by atoms with van der Waals surface area (Å²) in [6, 6.07) is 10.7. The summed E-state index contributed by atoms with van der Waals surface area (Å²) in [5.41, 5.74) is 1.42. The van der Waals surface area contributed by atoms with Crippen LogP contribution < -0.4 is 4.90 Å². The van der Waals surface area contributed by atoms with Gasteiger partial charge in [-0.05, 0) is 43.6 Å². The number of nitrogens with zero attached hydrogens (tertiary/aromatic N) is 4. The molecule has 1 amide bonds. The van der Waals surface area contributed by atoms with E-state index in [1.807, 2.05) is 0 Å². The van der Waals surface area contributed by atoms with Gasteiger partial charge in [0.15, 0.2) is 0 Å². The average molecular weight is 364 g/mol. The fourth-order valence-electron chi connectivity index (χ4n) is 4.37. The van der Waals surface area contributed by atoms with Crippen molar-refractivity contribution in [3.05, 3.63) is 54.5 Å². The van der Waals surface area contributed by atoms with Crippen molar-refractivity contribution in [3.63, 3.8) is 0 Å². The second-order valence-electron chi connectivity index (χ2n) is 7.78. The number of carbonyl (C=O) groups excluding carboxylic acids is 1. The number of rotatable bonds is 4. The molecule has 0 N–H and O–H groups in total. The molecule has 142 valence electrons. The summed E-state index contributed by atoms with van der Waals surface area (Å²) >= 11 is 0. The molecule has 5 heteroatoms. The number of piperidine rings is 2. The maximum atomic E-state index is 12.9. The second kappa shape index (κ2) is 8.51. The molecule has 2 fully saturated rings. The lowest BCUT2D eigenvalue weighted by Gasteiger charge is -2.37. The summed E-state index contributed by atoms with van der Waals surface area (Å²) < 4.78 is 0. The molecule has 2 aliphatic rings. The molecular weight excluding hydrogens is 336 g/mol. The number of aromatic nitrogens is 2. The number of carbonyl (C=O) groups is 1. The van der Waals surface area contributed by atoms with Gasteiger partial charge >= 0.3 is 0 Å². The van der Waals surface area contributed by atoms with Gasteiger partial charge in [0.05, 0.1) is 6.20 Å². The largest absolute Gasteiger partial charge is 0.355 e. The first kappa shape index (κ1) is 18.0. The van der Waals surface area contributed by atoms with Gasteiger partial charge in [0, 0.05) is 44.5 Å². The summed E-state index contributed by atoms with van der Waals surface area (Å²) in [6.45, 7) is 3.61. The molecule has 0 unspecified atom stereocenters. The standard InChI is InChI=1S/C22H28N4O/c27-22(20-8-14-25(15-9-20)21-17-23-10-11-24-21)26-12-6-19(7-13-26)16-18-4-2-1-3-5-18/h1-5,10-11,17,19-20H,6-9,12-16H2. The molecule has 4 rings (SSSR count). The highest BCUT2D eigenvalue weighted by atomic mass is 16.2. The summed E-state index contributed by atoms with van der Waals surface area (Å²) in [5, 5.41) is 0. The first-order chi connectivity index (χ1) is 13.3. The summed E-state index contributed by atoms with van der Waals surface area (Å²) in [5.74, 6) is 2.16. The molecule has 0 radical (unpaired) electrons. The number of anilines is 1. The predicted molar refractivity (Wildman–Crippen MR) is 106 cm³/mol. The van der Waals surface area contributed by atoms with Crippen molar-refractivity contribution >= 4 is 11.7 Å². The third kappa shape index (κ3) is 4.46. The second-order valence-corrected chi connectivity index (χ2v) is 7.78. The van der Waals surface area contributed by atoms with Crippen LogP contribution in [0.15, 0.2) is 48.9 Å². The first-order valence-electron chi connectivity index (χ1n) is 10.1. The zero-order valence-electron chi connectivity index (χ0n) is 15.8. The van der Waals surface area contributed by atoms with Crippen molar-refractivity contribution in [2.45, 2.75) is 32.1 Å². The monoisotopic (exact) mass is 364 g/mol. The molecule has 0 bridgehead atoms. The van der Waals surface area contributed by atoms with Crippen molar-refractivity contribution in [2.75, 3.05) is 31.1 Å². The van der Waals surface area contributed by atoms with Crippen LogP contribution in [0.1, 0.15) is 31.2 Å². The van der Waals surface area contributed by atoms with E-state index in [0.717, 1.165) is 64.1 Å². The zero-order valence-corrected chi connectivity index (χ0v) is 15.8. The van der Waals surface area contributed by atoms with E-state index in [-0.39, 0.29) is 5.92 Å². The molecule has 1 aromatic carbocycles. The van der Waals surface area contributed by atoms with Crippen LogP contribution in [0, 0.1) is 11.8 Å². The van der Waals surface area contributed by atoms with E-state index in [1.165, 1.54) is 5.56 Å². The van der Waals surface area contributed by atoms with Crippen LogP contribution in [0.5, 0.6) is 0 Å². The molecule has 0 aliphatic carbocycles. The summed E-state index contributed by atoms with van der Waals surface area (Å²) in [7, 11) is 0. The lowest BCUT2D eigenvalue weighted by molar-refractivity contribution is -0.137. The van der Waals surface area contributed by atoms with Crippen molar-refractivity contribution in [3.8, 4) is 0 Å². The Morgan fingerprint density at radius 3 is 2.37 bits per heavy atom. The maximum absolute atomic E-state index is 12.9. The molecule has 2 aliphatic heterocycles.